The van der Waals surface area contributed by atoms with E-state index in [9.17, 15) is 22.4 Å². The quantitative estimate of drug-likeness (QED) is 0.438. The molecule has 0 saturated heterocycles. The van der Waals surface area contributed by atoms with E-state index in [2.05, 4.69) is 31.9 Å². The van der Waals surface area contributed by atoms with Crippen molar-refractivity contribution in [1.29, 1.82) is 0 Å². The largest absolute Gasteiger partial charge is 0.419 e. The maximum Gasteiger partial charge on any atom is 0.419 e. The van der Waals surface area contributed by atoms with E-state index in [4.69, 9.17) is 0 Å². The highest BCUT2D eigenvalue weighted by molar-refractivity contribution is 9.12. The maximum atomic E-state index is 13.0. The van der Waals surface area contributed by atoms with E-state index in [1.165, 1.54) is 0 Å². The third-order valence-electron chi connectivity index (χ3n) is 1.98. The predicted octanol–water partition coefficient (Wildman–Crippen LogP) is 4.19. The zero-order valence-electron chi connectivity index (χ0n) is 8.19. The molecule has 1 nitrogen and oxygen atoms in total. The Morgan fingerprint density at radius 3 is 2.41 bits per heavy atom. The lowest BCUT2D eigenvalue weighted by molar-refractivity contribution is -0.140. The average molecular weight is 378 g/mol. The molecule has 1 aromatic carbocycles. The number of hydrogen-bond acceptors (Lipinski definition) is 1. The molecule has 0 spiro atoms. The summed E-state index contributed by atoms with van der Waals surface area (Å²) in [6.07, 6.45) is -4.81. The van der Waals surface area contributed by atoms with Crippen LogP contribution in [0.1, 0.15) is 15.9 Å². The van der Waals surface area contributed by atoms with Gasteiger partial charge in [-0.3, -0.25) is 4.79 Å². The van der Waals surface area contributed by atoms with Crippen molar-refractivity contribution in [1.82, 2.24) is 0 Å². The second-order valence-corrected chi connectivity index (χ2v) is 4.93. The lowest BCUT2D eigenvalue weighted by atomic mass is 10.0. The molecule has 7 heteroatoms. The summed E-state index contributed by atoms with van der Waals surface area (Å²) in [5, 5.41) is 0.255. The first-order chi connectivity index (χ1) is 7.77. The minimum absolute atomic E-state index is 0.181. The molecule has 0 amide bonds. The molecule has 0 bridgehead atoms. The summed E-state index contributed by atoms with van der Waals surface area (Å²) in [4.78, 5) is 11.0. The topological polar surface area (TPSA) is 17.1 Å². The fourth-order valence-corrected chi connectivity index (χ4v) is 1.71. The monoisotopic (exact) mass is 376 g/mol. The molecular weight excluding hydrogens is 372 g/mol. The van der Waals surface area contributed by atoms with Gasteiger partial charge in [0.2, 0.25) is 0 Å². The van der Waals surface area contributed by atoms with E-state index in [1.54, 1.807) is 0 Å². The molecule has 0 heterocycles. The molecule has 0 radical (unpaired) electrons. The first kappa shape index (κ1) is 14.6. The van der Waals surface area contributed by atoms with Crippen LogP contribution < -0.4 is 0 Å². The number of halogens is 6. The van der Waals surface area contributed by atoms with Gasteiger partial charge in [0.05, 0.1) is 10.4 Å². The summed E-state index contributed by atoms with van der Waals surface area (Å²) in [5.41, 5.74) is -1.61. The Morgan fingerprint density at radius 1 is 1.35 bits per heavy atom. The summed E-state index contributed by atoms with van der Waals surface area (Å²) in [5.74, 6) is -1.92. The van der Waals surface area contributed by atoms with Crippen molar-refractivity contribution in [3.8, 4) is 0 Å². The standard InChI is InChI=1S/C10H6Br2F4O/c11-4-7(12)9(17)5-1-2-8(13)6(3-5)10(14,15)16/h1-3,7H,4H2. The minimum Gasteiger partial charge on any atom is -0.293 e. The molecule has 17 heavy (non-hydrogen) atoms. The normalized spacial score (nSPS) is 13.5. The van der Waals surface area contributed by atoms with Crippen LogP contribution in [0.15, 0.2) is 18.2 Å². The molecule has 0 aliphatic carbocycles. The molecule has 0 aliphatic rings. The number of Topliss-reactive ketones (excluding diaryl/α,β-unsaturated/α-hetero) is 1. The van der Waals surface area contributed by atoms with Crippen LogP contribution in [0, 0.1) is 5.82 Å². The Kier molecular flexibility index (Phi) is 4.71. The van der Waals surface area contributed by atoms with Gasteiger partial charge >= 0.3 is 6.18 Å². The van der Waals surface area contributed by atoms with Crippen LogP contribution in [0.4, 0.5) is 17.6 Å². The van der Waals surface area contributed by atoms with Crippen LogP contribution in [0.5, 0.6) is 0 Å². The number of benzene rings is 1. The second kappa shape index (κ2) is 5.48. The van der Waals surface area contributed by atoms with Crippen molar-refractivity contribution in [3.05, 3.63) is 35.1 Å². The molecule has 1 aromatic rings. The van der Waals surface area contributed by atoms with Crippen molar-refractivity contribution in [2.45, 2.75) is 11.0 Å². The molecular formula is C10H6Br2F4O. The van der Waals surface area contributed by atoms with Crippen LogP contribution in [0.3, 0.4) is 0 Å². The van der Waals surface area contributed by atoms with Crippen molar-refractivity contribution in [3.63, 3.8) is 0 Å². The predicted molar refractivity (Wildman–Crippen MR) is 62.2 cm³/mol. The van der Waals surface area contributed by atoms with E-state index in [1.807, 2.05) is 0 Å². The van der Waals surface area contributed by atoms with Gasteiger partial charge < -0.3 is 0 Å². The SMILES string of the molecule is O=C(c1ccc(F)c(C(F)(F)F)c1)C(Br)CBr. The zero-order valence-corrected chi connectivity index (χ0v) is 11.4. The fraction of sp³-hybridized carbons (Fsp3) is 0.300. The third-order valence-corrected chi connectivity index (χ3v) is 4.23. The van der Waals surface area contributed by atoms with Crippen molar-refractivity contribution in [2.24, 2.45) is 0 Å². The Morgan fingerprint density at radius 2 is 1.94 bits per heavy atom. The molecule has 0 aromatic heterocycles. The number of alkyl halides is 5. The zero-order chi connectivity index (χ0) is 13.2. The maximum absolute atomic E-state index is 13.0. The van der Waals surface area contributed by atoms with Gasteiger partial charge in [-0.05, 0) is 18.2 Å². The first-order valence-corrected chi connectivity index (χ1v) is 6.42. The van der Waals surface area contributed by atoms with Crippen molar-refractivity contribution in [2.75, 3.05) is 5.33 Å². The molecule has 0 saturated carbocycles. The summed E-state index contributed by atoms with van der Waals surface area (Å²) in [7, 11) is 0. The summed E-state index contributed by atoms with van der Waals surface area (Å²) < 4.78 is 50.2. The third kappa shape index (κ3) is 3.51. The summed E-state index contributed by atoms with van der Waals surface area (Å²) >= 11 is 6.02. The van der Waals surface area contributed by atoms with Gasteiger partial charge in [0.1, 0.15) is 5.82 Å². The number of ketones is 1. The van der Waals surface area contributed by atoms with Crippen molar-refractivity contribution < 1.29 is 22.4 Å². The molecule has 0 N–H and O–H groups in total. The number of rotatable bonds is 3. The Labute approximate surface area is 111 Å². The molecule has 94 valence electrons. The Balaban J connectivity index is 3.18. The molecule has 0 fully saturated rings. The van der Waals surface area contributed by atoms with Gasteiger partial charge in [0.15, 0.2) is 5.78 Å². The van der Waals surface area contributed by atoms with Gasteiger partial charge in [0, 0.05) is 10.9 Å². The smallest absolute Gasteiger partial charge is 0.293 e. The molecule has 1 atom stereocenters. The summed E-state index contributed by atoms with van der Waals surface area (Å²) in [6.45, 7) is 0. The number of hydrogen-bond donors (Lipinski definition) is 0. The average Bonchev–Trinajstić information content (AvgIpc) is 2.26. The summed E-state index contributed by atoms with van der Waals surface area (Å²) in [6, 6.07) is 2.20. The minimum atomic E-state index is -4.81. The molecule has 1 unspecified atom stereocenters. The highest BCUT2D eigenvalue weighted by Gasteiger charge is 2.35. The van der Waals surface area contributed by atoms with Gasteiger partial charge in [-0.1, -0.05) is 31.9 Å². The van der Waals surface area contributed by atoms with Gasteiger partial charge in [-0.2, -0.15) is 13.2 Å². The Hall–Kier alpha value is -0.430. The van der Waals surface area contributed by atoms with Crippen LogP contribution in [-0.2, 0) is 6.18 Å². The fourth-order valence-electron chi connectivity index (χ4n) is 1.15. The van der Waals surface area contributed by atoms with Crippen LogP contribution >= 0.6 is 31.9 Å². The van der Waals surface area contributed by atoms with E-state index in [0.717, 1.165) is 6.07 Å². The first-order valence-electron chi connectivity index (χ1n) is 4.38. The highest BCUT2D eigenvalue weighted by Crippen LogP contribution is 2.32. The van der Waals surface area contributed by atoms with E-state index >= 15 is 0 Å². The second-order valence-electron chi connectivity index (χ2n) is 3.18. The number of carbonyl (C=O) groups excluding carboxylic acids is 1. The van der Waals surface area contributed by atoms with Crippen molar-refractivity contribution >= 4 is 37.6 Å². The molecule has 1 rings (SSSR count). The Bertz CT molecular complexity index is 431. The van der Waals surface area contributed by atoms with Gasteiger partial charge in [-0.15, -0.1) is 0 Å². The van der Waals surface area contributed by atoms with Crippen LogP contribution in [0.2, 0.25) is 0 Å². The van der Waals surface area contributed by atoms with Gasteiger partial charge in [-0.25, -0.2) is 4.39 Å². The lowest BCUT2D eigenvalue weighted by Gasteiger charge is -2.10. The lowest BCUT2D eigenvalue weighted by Crippen LogP contribution is -2.17. The van der Waals surface area contributed by atoms with Crippen LogP contribution in [0.25, 0.3) is 0 Å². The molecule has 0 aliphatic heterocycles. The number of carbonyl (C=O) groups is 1. The highest BCUT2D eigenvalue weighted by atomic mass is 79.9. The van der Waals surface area contributed by atoms with E-state index < -0.39 is 28.2 Å². The van der Waals surface area contributed by atoms with E-state index in [-0.39, 0.29) is 10.9 Å². The van der Waals surface area contributed by atoms with Crippen LogP contribution in [-0.4, -0.2) is 15.9 Å². The van der Waals surface area contributed by atoms with E-state index in [0.29, 0.717) is 12.1 Å². The van der Waals surface area contributed by atoms with Gasteiger partial charge in [0.25, 0.3) is 0 Å².